The Balaban J connectivity index is 0.000000144. The van der Waals surface area contributed by atoms with Gasteiger partial charge in [-0.05, 0) is 51.5 Å². The molecule has 9 rings (SSSR count). The van der Waals surface area contributed by atoms with Gasteiger partial charge in [-0.2, -0.15) is 0 Å². The van der Waals surface area contributed by atoms with Crippen LogP contribution in [0.25, 0.3) is 21.8 Å². The molecular formula is C40H49N7O4. The fourth-order valence-corrected chi connectivity index (χ4v) is 7.17. The van der Waals surface area contributed by atoms with E-state index in [0.717, 1.165) is 72.1 Å². The average molecular weight is 698 g/mol. The molecule has 0 amide bonds. The van der Waals surface area contributed by atoms with Crippen molar-refractivity contribution in [1.29, 1.82) is 0 Å². The Morgan fingerprint density at radius 3 is 2.27 bits per heavy atom. The van der Waals surface area contributed by atoms with Gasteiger partial charge in [0.05, 0.1) is 19.9 Å². The van der Waals surface area contributed by atoms with Gasteiger partial charge in [-0.1, -0.05) is 36.4 Å². The Kier molecular flexibility index (Phi) is 9.30. The number of H-pyrrole nitrogens is 1. The first-order valence-electron chi connectivity index (χ1n) is 20.3. The summed E-state index contributed by atoms with van der Waals surface area (Å²) in [5.41, 5.74) is 6.30. The van der Waals surface area contributed by atoms with Crippen molar-refractivity contribution in [3.63, 3.8) is 0 Å². The van der Waals surface area contributed by atoms with E-state index in [1.54, 1.807) is 10.8 Å². The number of hydrogen-bond acceptors (Lipinski definition) is 7. The van der Waals surface area contributed by atoms with E-state index in [2.05, 4.69) is 48.2 Å². The van der Waals surface area contributed by atoms with Crippen molar-refractivity contribution in [2.24, 2.45) is 20.0 Å². The van der Waals surface area contributed by atoms with Gasteiger partial charge in [0.25, 0.3) is 0 Å². The van der Waals surface area contributed by atoms with Gasteiger partial charge < -0.3 is 28.5 Å². The molecule has 1 saturated heterocycles. The van der Waals surface area contributed by atoms with Crippen LogP contribution in [0.15, 0.2) is 73.3 Å². The van der Waals surface area contributed by atoms with Crippen LogP contribution >= 0.6 is 0 Å². The average Bonchev–Trinajstić information content (AvgIpc) is 4.03. The van der Waals surface area contributed by atoms with Crippen molar-refractivity contribution in [2.75, 3.05) is 33.0 Å². The second-order valence-corrected chi connectivity index (χ2v) is 12.9. The fraction of sp³-hybridized carbons (Fsp3) is 0.400. The van der Waals surface area contributed by atoms with Gasteiger partial charge in [-0.25, -0.2) is 9.97 Å². The van der Waals surface area contributed by atoms with E-state index in [1.165, 1.54) is 29.8 Å². The molecule has 11 nitrogen and oxygen atoms in total. The molecule has 5 heterocycles. The molecule has 11 heteroatoms. The summed E-state index contributed by atoms with van der Waals surface area (Å²) in [5, 5.41) is 10.5. The summed E-state index contributed by atoms with van der Waals surface area (Å²) in [6.45, 7) is -0.533. The van der Waals surface area contributed by atoms with E-state index in [-0.39, 0.29) is 30.0 Å². The molecule has 2 N–H and O–H groups in total. The lowest BCUT2D eigenvalue weighted by Gasteiger charge is -2.23. The Bertz CT molecular complexity index is 2300. The maximum atomic E-state index is 13.1. The fourth-order valence-electron chi connectivity index (χ4n) is 7.17. The van der Waals surface area contributed by atoms with Crippen LogP contribution in [0.1, 0.15) is 71.2 Å². The van der Waals surface area contributed by atoms with Crippen molar-refractivity contribution < 1.29 is 27.7 Å². The number of benzene rings is 2. The van der Waals surface area contributed by atoms with E-state index in [9.17, 15) is 9.59 Å². The summed E-state index contributed by atoms with van der Waals surface area (Å²) < 4.78 is 54.1. The number of hydrogen-bond donors (Lipinski definition) is 2. The standard InChI is InChI=1S/C18H19N3O.C13H13NO.C5H11NO2.C4H6N2/c1-12-19-9-10-21(12)11-13-7-8-16-17(18(13)22)14-5-3-4-6-15(14)20(16)2;1-14-10-6-3-2-5-9(10)13-11(14)7-4-8-12(13)15;7-3-1-6-2-4-8-5-6;1-4-5-2-3-6-4/h3-6,9-10,13H,7-8,11H2,1-2H3;2-3,5-6H,4,7-8H2,1H3;7H,1-5H2;2-3H,1H3,(H,5,6)/i1D3;;;1D3. The molecule has 3 aliphatic rings. The summed E-state index contributed by atoms with van der Waals surface area (Å²) in [6, 6.07) is 16.1. The minimum atomic E-state index is -2.27. The number of nitrogens with zero attached hydrogens (tertiary/aromatic N) is 6. The number of rotatable bonds is 4. The lowest BCUT2D eigenvalue weighted by molar-refractivity contribution is 0.0887. The van der Waals surface area contributed by atoms with Crippen LogP contribution in [0.5, 0.6) is 0 Å². The van der Waals surface area contributed by atoms with Crippen LogP contribution in [-0.4, -0.2) is 83.3 Å². The lowest BCUT2D eigenvalue weighted by atomic mass is 9.85. The number of ether oxygens (including phenoxy) is 1. The van der Waals surface area contributed by atoms with Crippen LogP contribution in [0.3, 0.4) is 0 Å². The highest BCUT2D eigenvalue weighted by molar-refractivity contribution is 6.11. The molecule has 1 aliphatic heterocycles. The number of imidazole rings is 2. The van der Waals surface area contributed by atoms with Crippen molar-refractivity contribution in [1.82, 2.24) is 33.6 Å². The number of carbonyl (C=O) groups excluding carboxylic acids is 2. The van der Waals surface area contributed by atoms with E-state index in [4.69, 9.17) is 18.1 Å². The first-order chi connectivity index (χ1) is 27.2. The molecule has 4 aromatic heterocycles. The third-order valence-electron chi connectivity index (χ3n) is 9.77. The molecule has 6 aromatic rings. The first kappa shape index (κ1) is 28.8. The predicted molar refractivity (Wildman–Crippen MR) is 199 cm³/mol. The molecule has 51 heavy (non-hydrogen) atoms. The van der Waals surface area contributed by atoms with Crippen LogP contribution in [0, 0.1) is 19.6 Å². The number of fused-ring (bicyclic) bond motifs is 6. The van der Waals surface area contributed by atoms with Crippen LogP contribution in [-0.2, 0) is 38.2 Å². The second-order valence-electron chi connectivity index (χ2n) is 12.9. The number of ketones is 2. The second kappa shape index (κ2) is 16.5. The summed E-state index contributed by atoms with van der Waals surface area (Å²) in [4.78, 5) is 37.1. The minimum Gasteiger partial charge on any atom is -0.395 e. The Morgan fingerprint density at radius 1 is 0.922 bits per heavy atom. The van der Waals surface area contributed by atoms with Crippen molar-refractivity contribution in [2.45, 2.75) is 52.4 Å². The van der Waals surface area contributed by atoms with E-state index in [1.807, 2.05) is 43.4 Å². The Labute approximate surface area is 307 Å². The van der Waals surface area contributed by atoms with Crippen molar-refractivity contribution >= 4 is 33.4 Å². The molecule has 1 atom stereocenters. The van der Waals surface area contributed by atoms with Crippen molar-refractivity contribution in [3.8, 4) is 0 Å². The third kappa shape index (κ3) is 7.90. The summed E-state index contributed by atoms with van der Waals surface area (Å²) in [7, 11) is 4.05. The highest BCUT2D eigenvalue weighted by Gasteiger charge is 2.32. The summed E-state index contributed by atoms with van der Waals surface area (Å²) >= 11 is 0. The van der Waals surface area contributed by atoms with Gasteiger partial charge >= 0.3 is 0 Å². The van der Waals surface area contributed by atoms with E-state index >= 15 is 0 Å². The Morgan fingerprint density at radius 2 is 1.65 bits per heavy atom. The molecule has 1 unspecified atom stereocenters. The molecule has 0 spiro atoms. The summed E-state index contributed by atoms with van der Waals surface area (Å²) in [5.74, 6) is 0.274. The molecule has 268 valence electrons. The van der Waals surface area contributed by atoms with E-state index < -0.39 is 13.7 Å². The van der Waals surface area contributed by atoms with Crippen LogP contribution in [0.4, 0.5) is 0 Å². The van der Waals surface area contributed by atoms with Crippen LogP contribution in [0.2, 0.25) is 0 Å². The maximum Gasteiger partial charge on any atom is 0.170 e. The number of carbonyl (C=O) groups is 2. The smallest absolute Gasteiger partial charge is 0.170 e. The number of aryl methyl sites for hydroxylation is 4. The number of nitrogens with one attached hydrogen (secondary N) is 1. The molecule has 0 bridgehead atoms. The third-order valence-corrected chi connectivity index (χ3v) is 9.77. The number of aromatic amines is 1. The molecule has 2 aromatic carbocycles. The van der Waals surface area contributed by atoms with Gasteiger partial charge in [0.1, 0.15) is 11.6 Å². The normalized spacial score (nSPS) is 19.1. The van der Waals surface area contributed by atoms with Gasteiger partial charge in [0.15, 0.2) is 11.6 Å². The largest absolute Gasteiger partial charge is 0.395 e. The number of aliphatic hydroxyl groups is 1. The quantitative estimate of drug-likeness (QED) is 0.238. The monoisotopic (exact) mass is 697 g/mol. The molecule has 1 fully saturated rings. The SMILES string of the molecule is Cn1c2c(c3ccccc31)C(=O)CCC2.OCCN1CCOC1.[2H]C([2H])([2H])c1ncc[nH]1.[2H]C([2H])([2H])c1nccn1CC1CCc2c(c3ccccc3n2C)C1=O. The topological polar surface area (TPSA) is 123 Å². The zero-order valence-corrected chi connectivity index (χ0v) is 29.1. The number of para-hydroxylation sites is 2. The zero-order chi connectivity index (χ0) is 40.9. The van der Waals surface area contributed by atoms with Gasteiger partial charge in [-0.15, -0.1) is 0 Å². The van der Waals surface area contributed by atoms with Crippen LogP contribution < -0.4 is 0 Å². The molecule has 0 radical (unpaired) electrons. The molecule has 0 saturated carbocycles. The Hall–Kier alpha value is -4.84. The van der Waals surface area contributed by atoms with Gasteiger partial charge in [-0.3, -0.25) is 14.5 Å². The van der Waals surface area contributed by atoms with Crippen molar-refractivity contribution in [3.05, 3.63) is 107 Å². The molecular weight excluding hydrogens is 642 g/mol. The summed E-state index contributed by atoms with van der Waals surface area (Å²) in [6.07, 6.45) is 10.3. The number of aromatic nitrogens is 6. The first-order valence-corrected chi connectivity index (χ1v) is 17.3. The van der Waals surface area contributed by atoms with Gasteiger partial charge in [0.2, 0.25) is 0 Å². The highest BCUT2D eigenvalue weighted by atomic mass is 16.5. The highest BCUT2D eigenvalue weighted by Crippen LogP contribution is 2.34. The number of aliphatic hydroxyl groups excluding tert-OH is 1. The number of Topliss-reactive ketones (excluding diaryl/α,β-unsaturated/α-hetero) is 2. The zero-order valence-electron chi connectivity index (χ0n) is 35.1. The molecule has 2 aliphatic carbocycles. The maximum absolute atomic E-state index is 13.1. The minimum absolute atomic E-state index is 0.0440. The van der Waals surface area contributed by atoms with Gasteiger partial charge in [0, 0.05) is 123 Å². The number of β-amino-alcohol motifs (C(OH)–C–C–N with tert-alkyl or cyclic N) is 1. The predicted octanol–water partition coefficient (Wildman–Crippen LogP) is 5.81. The van der Waals surface area contributed by atoms with E-state index in [0.29, 0.717) is 31.9 Å². The lowest BCUT2D eigenvalue weighted by Crippen LogP contribution is -2.27.